The minimum absolute atomic E-state index is 0.967. The number of hydrogen-bond acceptors (Lipinski definition) is 5. The summed E-state index contributed by atoms with van der Waals surface area (Å²) in [6.07, 6.45) is 0. The first-order chi connectivity index (χ1) is 30.2. The normalized spacial score (nSPS) is 11.0. The standard InChI is InChI=1S/C56H43N5/c1-4-20-47(21-5-1)59(55-28-14-18-42-16-10-12-26-53(42)55)49-36-30-44(31-37-49)57-45-32-40-52(41-33-45)61(51-24-8-3-9-25-51)58-46-34-38-50(39-35-46)60(48-22-6-2-7-23-48)56-29-15-19-43-17-11-13-27-54(43)56/h1-41,57-58H. The lowest BCUT2D eigenvalue weighted by molar-refractivity contribution is 1.16. The Morgan fingerprint density at radius 1 is 0.246 bits per heavy atom. The van der Waals surface area contributed by atoms with E-state index in [1.54, 1.807) is 0 Å². The molecule has 0 heterocycles. The van der Waals surface area contributed by atoms with E-state index in [1.807, 2.05) is 6.07 Å². The lowest BCUT2D eigenvalue weighted by Gasteiger charge is -2.29. The number of rotatable bonds is 12. The van der Waals surface area contributed by atoms with E-state index in [0.29, 0.717) is 0 Å². The Kier molecular flexibility index (Phi) is 10.3. The third-order valence-electron chi connectivity index (χ3n) is 11.0. The van der Waals surface area contributed by atoms with Crippen molar-refractivity contribution in [3.05, 3.63) is 249 Å². The molecule has 0 aromatic heterocycles. The summed E-state index contributed by atoms with van der Waals surface area (Å²) in [6, 6.07) is 87.4. The summed E-state index contributed by atoms with van der Waals surface area (Å²) in [5.41, 5.74) is 15.4. The highest BCUT2D eigenvalue weighted by Gasteiger charge is 2.17. The van der Waals surface area contributed by atoms with E-state index in [1.165, 1.54) is 21.5 Å². The van der Waals surface area contributed by atoms with Crippen molar-refractivity contribution in [1.29, 1.82) is 0 Å². The average Bonchev–Trinajstić information content (AvgIpc) is 3.33. The fourth-order valence-electron chi connectivity index (χ4n) is 8.04. The smallest absolute Gasteiger partial charge is 0.0632 e. The molecule has 0 unspecified atom stereocenters. The maximum atomic E-state index is 3.70. The first-order valence-electron chi connectivity index (χ1n) is 20.6. The summed E-state index contributed by atoms with van der Waals surface area (Å²) in [6.45, 7) is 0. The molecular weight excluding hydrogens is 743 g/mol. The van der Waals surface area contributed by atoms with Gasteiger partial charge in [0.1, 0.15) is 0 Å². The number of benzene rings is 10. The molecule has 5 nitrogen and oxygen atoms in total. The SMILES string of the molecule is c1ccc(N(Nc2ccc(N(c3ccccc3)c3cccc4ccccc34)cc2)c2ccc(Nc3ccc(N(c4ccccc4)c4cccc5ccccc45)cc3)cc2)cc1. The van der Waals surface area contributed by atoms with Gasteiger partial charge in [-0.1, -0.05) is 127 Å². The van der Waals surface area contributed by atoms with E-state index in [0.717, 1.165) is 62.6 Å². The van der Waals surface area contributed by atoms with Gasteiger partial charge in [-0.2, -0.15) is 0 Å². The number of fused-ring (bicyclic) bond motifs is 2. The van der Waals surface area contributed by atoms with Crippen LogP contribution < -0.4 is 25.6 Å². The Morgan fingerprint density at radius 2 is 0.574 bits per heavy atom. The summed E-state index contributed by atoms with van der Waals surface area (Å²) in [5.74, 6) is 0. The number of para-hydroxylation sites is 3. The van der Waals surface area contributed by atoms with Crippen LogP contribution in [0.15, 0.2) is 249 Å². The van der Waals surface area contributed by atoms with Crippen LogP contribution in [0, 0.1) is 0 Å². The zero-order valence-corrected chi connectivity index (χ0v) is 33.5. The predicted octanol–water partition coefficient (Wildman–Crippen LogP) is 15.8. The van der Waals surface area contributed by atoms with E-state index >= 15 is 0 Å². The maximum Gasteiger partial charge on any atom is 0.0632 e. The fourth-order valence-corrected chi connectivity index (χ4v) is 8.04. The van der Waals surface area contributed by atoms with Gasteiger partial charge in [-0.05, 0) is 132 Å². The highest BCUT2D eigenvalue weighted by atomic mass is 15.5. The Balaban J connectivity index is 0.900. The second-order valence-corrected chi connectivity index (χ2v) is 14.9. The van der Waals surface area contributed by atoms with Crippen molar-refractivity contribution in [3.63, 3.8) is 0 Å². The highest BCUT2D eigenvalue weighted by Crippen LogP contribution is 2.41. The molecule has 292 valence electrons. The third kappa shape index (κ3) is 7.84. The van der Waals surface area contributed by atoms with Gasteiger partial charge >= 0.3 is 0 Å². The molecular formula is C56H43N5. The monoisotopic (exact) mass is 785 g/mol. The molecule has 0 aliphatic heterocycles. The van der Waals surface area contributed by atoms with Gasteiger partial charge in [0.15, 0.2) is 0 Å². The van der Waals surface area contributed by atoms with Crippen LogP contribution in [-0.2, 0) is 0 Å². The molecule has 10 aromatic carbocycles. The van der Waals surface area contributed by atoms with Gasteiger partial charge in [0.25, 0.3) is 0 Å². The van der Waals surface area contributed by atoms with Crippen molar-refractivity contribution in [2.24, 2.45) is 0 Å². The lowest BCUT2D eigenvalue weighted by atomic mass is 10.1. The molecule has 0 spiro atoms. The molecule has 61 heavy (non-hydrogen) atoms. The molecule has 0 aliphatic carbocycles. The Morgan fingerprint density at radius 3 is 1.03 bits per heavy atom. The molecule has 0 radical (unpaired) electrons. The van der Waals surface area contributed by atoms with Crippen molar-refractivity contribution < 1.29 is 0 Å². The largest absolute Gasteiger partial charge is 0.356 e. The lowest BCUT2D eigenvalue weighted by Crippen LogP contribution is -2.24. The average molecular weight is 786 g/mol. The van der Waals surface area contributed by atoms with Gasteiger partial charge < -0.3 is 15.1 Å². The van der Waals surface area contributed by atoms with Gasteiger partial charge in [-0.15, -0.1) is 0 Å². The first kappa shape index (κ1) is 37.0. The van der Waals surface area contributed by atoms with Crippen LogP contribution in [0.3, 0.4) is 0 Å². The second kappa shape index (κ2) is 16.9. The van der Waals surface area contributed by atoms with Crippen molar-refractivity contribution >= 4 is 84.1 Å². The molecule has 10 aromatic rings. The van der Waals surface area contributed by atoms with Crippen LogP contribution in [-0.4, -0.2) is 0 Å². The molecule has 0 bridgehead atoms. The summed E-state index contributed by atoms with van der Waals surface area (Å²) in [7, 11) is 0. The quantitative estimate of drug-likeness (QED) is 0.121. The van der Waals surface area contributed by atoms with Crippen LogP contribution in [0.2, 0.25) is 0 Å². The summed E-state index contributed by atoms with van der Waals surface area (Å²) in [5, 5.41) is 10.6. The molecule has 0 aliphatic rings. The van der Waals surface area contributed by atoms with Gasteiger partial charge in [0.2, 0.25) is 0 Å². The Labute approximate surface area is 357 Å². The predicted molar refractivity (Wildman–Crippen MR) is 259 cm³/mol. The zero-order chi connectivity index (χ0) is 40.8. The van der Waals surface area contributed by atoms with Crippen molar-refractivity contribution in [2.45, 2.75) is 0 Å². The van der Waals surface area contributed by atoms with Gasteiger partial charge in [0.05, 0.1) is 28.4 Å². The molecule has 2 N–H and O–H groups in total. The van der Waals surface area contributed by atoms with Gasteiger partial charge in [-0.25, -0.2) is 0 Å². The fraction of sp³-hybridized carbons (Fsp3) is 0. The summed E-state index contributed by atoms with van der Waals surface area (Å²) >= 11 is 0. The van der Waals surface area contributed by atoms with Crippen molar-refractivity contribution in [3.8, 4) is 0 Å². The number of hydrazine groups is 1. The molecule has 0 saturated carbocycles. The summed E-state index contributed by atoms with van der Waals surface area (Å²) in [4.78, 5) is 4.65. The van der Waals surface area contributed by atoms with E-state index in [2.05, 4.69) is 268 Å². The van der Waals surface area contributed by atoms with Gasteiger partial charge in [-0.3, -0.25) is 10.4 Å². The number of hydrogen-bond donors (Lipinski definition) is 2. The minimum Gasteiger partial charge on any atom is -0.356 e. The Bertz CT molecular complexity index is 3000. The number of anilines is 11. The van der Waals surface area contributed by atoms with E-state index in [4.69, 9.17) is 0 Å². The topological polar surface area (TPSA) is 33.8 Å². The van der Waals surface area contributed by atoms with E-state index in [-0.39, 0.29) is 0 Å². The van der Waals surface area contributed by atoms with Crippen molar-refractivity contribution in [1.82, 2.24) is 0 Å². The molecule has 10 rings (SSSR count). The molecule has 0 fully saturated rings. The molecule has 5 heteroatoms. The van der Waals surface area contributed by atoms with Crippen molar-refractivity contribution in [2.75, 3.05) is 25.6 Å². The van der Waals surface area contributed by atoms with E-state index < -0.39 is 0 Å². The Hall–Kier alpha value is -8.28. The molecule has 0 atom stereocenters. The van der Waals surface area contributed by atoms with Crippen LogP contribution in [0.1, 0.15) is 0 Å². The summed E-state index contributed by atoms with van der Waals surface area (Å²) < 4.78 is 0. The maximum absolute atomic E-state index is 3.70. The van der Waals surface area contributed by atoms with Gasteiger partial charge in [0, 0.05) is 44.9 Å². The number of nitrogens with zero attached hydrogens (tertiary/aromatic N) is 3. The number of nitrogens with one attached hydrogen (secondary N) is 2. The highest BCUT2D eigenvalue weighted by molar-refractivity contribution is 6.00. The van der Waals surface area contributed by atoms with Crippen LogP contribution in [0.5, 0.6) is 0 Å². The first-order valence-corrected chi connectivity index (χ1v) is 20.6. The second-order valence-electron chi connectivity index (χ2n) is 14.9. The molecule has 0 amide bonds. The molecule has 0 saturated heterocycles. The van der Waals surface area contributed by atoms with Crippen LogP contribution in [0.25, 0.3) is 21.5 Å². The third-order valence-corrected chi connectivity index (χ3v) is 11.0. The van der Waals surface area contributed by atoms with Crippen LogP contribution >= 0.6 is 0 Å². The van der Waals surface area contributed by atoms with E-state index in [9.17, 15) is 0 Å². The minimum atomic E-state index is 0.967. The zero-order valence-electron chi connectivity index (χ0n) is 33.5. The van der Waals surface area contributed by atoms with Crippen LogP contribution in [0.4, 0.5) is 62.6 Å².